The van der Waals surface area contributed by atoms with Crippen LogP contribution in [0.3, 0.4) is 0 Å². The zero-order valence-electron chi connectivity index (χ0n) is 13.4. The van der Waals surface area contributed by atoms with Gasteiger partial charge < -0.3 is 14.0 Å². The van der Waals surface area contributed by atoms with Gasteiger partial charge in [0.2, 0.25) is 0 Å². The number of rotatable bonds is 2. The van der Waals surface area contributed by atoms with Crippen molar-refractivity contribution in [2.24, 2.45) is 0 Å². The number of ether oxygens (including phenoxy) is 1. The Morgan fingerprint density at radius 2 is 1.58 bits per heavy atom. The van der Waals surface area contributed by atoms with Gasteiger partial charge in [0, 0.05) is 6.54 Å². The molecule has 6 heteroatoms. The van der Waals surface area contributed by atoms with E-state index in [4.69, 9.17) is 14.0 Å². The van der Waals surface area contributed by atoms with Crippen LogP contribution in [0.4, 0.5) is 4.79 Å². The van der Waals surface area contributed by atoms with Crippen molar-refractivity contribution in [1.82, 2.24) is 4.81 Å². The highest BCUT2D eigenvalue weighted by Gasteiger charge is 2.55. The standard InChI is InChI=1S/C13H26BNO4/c1-9-15(10(16)17-11(2,3)4)14-18-12(5,6)13(7,8)19-14/h9H2,1-8H3. The topological polar surface area (TPSA) is 48.0 Å². The van der Waals surface area contributed by atoms with Crippen LogP contribution >= 0.6 is 0 Å². The van der Waals surface area contributed by atoms with E-state index in [1.807, 2.05) is 55.4 Å². The first-order valence-corrected chi connectivity index (χ1v) is 6.75. The summed E-state index contributed by atoms with van der Waals surface area (Å²) in [5, 5.41) is 0. The lowest BCUT2D eigenvalue weighted by Gasteiger charge is -2.32. The monoisotopic (exact) mass is 271 g/mol. The molecular weight excluding hydrogens is 245 g/mol. The quantitative estimate of drug-likeness (QED) is 0.724. The Hall–Kier alpha value is -0.745. The molecule has 1 amide bonds. The van der Waals surface area contributed by atoms with Gasteiger partial charge in [0.15, 0.2) is 0 Å². The van der Waals surface area contributed by atoms with E-state index in [-0.39, 0.29) is 0 Å². The van der Waals surface area contributed by atoms with Crippen molar-refractivity contribution < 1.29 is 18.8 Å². The van der Waals surface area contributed by atoms with Gasteiger partial charge in [0.05, 0.1) is 11.2 Å². The fourth-order valence-electron chi connectivity index (χ4n) is 1.62. The van der Waals surface area contributed by atoms with Crippen LogP contribution in [0.1, 0.15) is 55.4 Å². The third-order valence-electron chi connectivity index (χ3n) is 3.46. The molecule has 1 aliphatic heterocycles. The summed E-state index contributed by atoms with van der Waals surface area (Å²) in [6.45, 7) is 15.7. The molecule has 0 unspecified atom stereocenters. The van der Waals surface area contributed by atoms with Crippen LogP contribution in [0.25, 0.3) is 0 Å². The number of nitrogens with zero attached hydrogens (tertiary/aromatic N) is 1. The molecule has 0 aromatic rings. The van der Waals surface area contributed by atoms with E-state index in [1.165, 1.54) is 4.81 Å². The summed E-state index contributed by atoms with van der Waals surface area (Å²) in [7, 11) is -0.704. The minimum absolute atomic E-state index is 0.423. The van der Waals surface area contributed by atoms with E-state index in [1.54, 1.807) is 0 Å². The van der Waals surface area contributed by atoms with Crippen LogP contribution in [0.2, 0.25) is 0 Å². The van der Waals surface area contributed by atoms with Crippen molar-refractivity contribution in [2.75, 3.05) is 6.54 Å². The van der Waals surface area contributed by atoms with Crippen molar-refractivity contribution >= 4 is 13.3 Å². The summed E-state index contributed by atoms with van der Waals surface area (Å²) in [6, 6.07) is 0. The number of amides is 1. The summed E-state index contributed by atoms with van der Waals surface area (Å²) in [6.07, 6.45) is -0.423. The first-order chi connectivity index (χ1) is 8.39. The number of hydrogen-bond acceptors (Lipinski definition) is 4. The van der Waals surface area contributed by atoms with Crippen molar-refractivity contribution in [1.29, 1.82) is 0 Å². The van der Waals surface area contributed by atoms with Gasteiger partial charge in [-0.1, -0.05) is 0 Å². The molecular formula is C13H26BNO4. The average molecular weight is 271 g/mol. The molecule has 110 valence electrons. The molecule has 0 N–H and O–H groups in total. The maximum atomic E-state index is 12.1. The fraction of sp³-hybridized carbons (Fsp3) is 0.923. The molecule has 0 aromatic heterocycles. The smallest absolute Gasteiger partial charge is 0.444 e. The molecule has 0 spiro atoms. The Bertz CT molecular complexity index is 333. The molecule has 1 aliphatic rings. The fourth-order valence-corrected chi connectivity index (χ4v) is 1.62. The third-order valence-corrected chi connectivity index (χ3v) is 3.46. The lowest BCUT2D eigenvalue weighted by atomic mass is 9.90. The Balaban J connectivity index is 2.81. The predicted molar refractivity (Wildman–Crippen MR) is 74.7 cm³/mol. The van der Waals surface area contributed by atoms with Gasteiger partial charge in [0.1, 0.15) is 5.60 Å². The summed E-state index contributed by atoms with van der Waals surface area (Å²) in [5.41, 5.74) is -1.46. The molecule has 0 aromatic carbocycles. The SMILES string of the molecule is CCN(B1OC(C)(C)C(C)(C)O1)C(=O)OC(C)(C)C. The van der Waals surface area contributed by atoms with Crippen molar-refractivity contribution in [3.63, 3.8) is 0 Å². The lowest BCUT2D eigenvalue weighted by molar-refractivity contribution is 0.00578. The van der Waals surface area contributed by atoms with Crippen LogP contribution in [0.15, 0.2) is 0 Å². The van der Waals surface area contributed by atoms with Crippen molar-refractivity contribution in [3.8, 4) is 0 Å². The predicted octanol–water partition coefficient (Wildman–Crippen LogP) is 2.83. The average Bonchev–Trinajstić information content (AvgIpc) is 2.33. The molecule has 0 atom stereocenters. The van der Waals surface area contributed by atoms with Crippen LogP contribution in [0.5, 0.6) is 0 Å². The molecule has 5 nitrogen and oxygen atoms in total. The molecule has 0 aliphatic carbocycles. The van der Waals surface area contributed by atoms with E-state index in [0.29, 0.717) is 6.54 Å². The van der Waals surface area contributed by atoms with E-state index in [9.17, 15) is 4.79 Å². The van der Waals surface area contributed by atoms with Crippen molar-refractivity contribution in [2.45, 2.75) is 72.2 Å². The Morgan fingerprint density at radius 3 is 1.89 bits per heavy atom. The van der Waals surface area contributed by atoms with E-state index in [0.717, 1.165) is 0 Å². The third kappa shape index (κ3) is 3.63. The molecule has 1 saturated heterocycles. The first kappa shape index (κ1) is 16.3. The first-order valence-electron chi connectivity index (χ1n) is 6.75. The van der Waals surface area contributed by atoms with Crippen LogP contribution in [-0.2, 0) is 14.0 Å². The Labute approximate surface area is 116 Å². The van der Waals surface area contributed by atoms with Gasteiger partial charge in [-0.15, -0.1) is 0 Å². The van der Waals surface area contributed by atoms with Crippen molar-refractivity contribution in [3.05, 3.63) is 0 Å². The second-order valence-electron chi connectivity index (χ2n) is 6.83. The highest BCUT2D eigenvalue weighted by Crippen LogP contribution is 2.37. The number of carbonyl (C=O) groups is 1. The van der Waals surface area contributed by atoms with E-state index < -0.39 is 30.1 Å². The normalized spacial score (nSPS) is 21.4. The minimum atomic E-state index is -0.704. The number of carbonyl (C=O) groups excluding carboxylic acids is 1. The molecule has 1 heterocycles. The van der Waals surface area contributed by atoms with Gasteiger partial charge in [-0.25, -0.2) is 4.79 Å². The summed E-state index contributed by atoms with van der Waals surface area (Å²) in [4.78, 5) is 13.6. The molecule has 0 saturated carbocycles. The second-order valence-corrected chi connectivity index (χ2v) is 6.83. The minimum Gasteiger partial charge on any atom is -0.444 e. The second kappa shape index (κ2) is 4.98. The largest absolute Gasteiger partial charge is 0.599 e. The highest BCUT2D eigenvalue weighted by atomic mass is 16.7. The van der Waals surface area contributed by atoms with Gasteiger partial charge in [0.25, 0.3) is 0 Å². The van der Waals surface area contributed by atoms with Gasteiger partial charge in [-0.2, -0.15) is 0 Å². The van der Waals surface area contributed by atoms with Gasteiger partial charge in [-0.3, -0.25) is 4.81 Å². The van der Waals surface area contributed by atoms with Crippen LogP contribution < -0.4 is 0 Å². The summed E-state index contributed by atoms with van der Waals surface area (Å²) in [5.74, 6) is 0. The van der Waals surface area contributed by atoms with E-state index in [2.05, 4.69) is 0 Å². The Kier molecular flexibility index (Phi) is 4.28. The number of hydrogen-bond donors (Lipinski definition) is 0. The summed E-state index contributed by atoms with van der Waals surface area (Å²) >= 11 is 0. The molecule has 19 heavy (non-hydrogen) atoms. The van der Waals surface area contributed by atoms with Crippen LogP contribution in [0, 0.1) is 0 Å². The maximum absolute atomic E-state index is 12.1. The van der Waals surface area contributed by atoms with Gasteiger partial charge >= 0.3 is 13.3 Å². The van der Waals surface area contributed by atoms with E-state index >= 15 is 0 Å². The molecule has 1 fully saturated rings. The lowest BCUT2D eigenvalue weighted by Crippen LogP contribution is -2.48. The molecule has 0 radical (unpaired) electrons. The highest BCUT2D eigenvalue weighted by molar-refractivity contribution is 6.45. The maximum Gasteiger partial charge on any atom is 0.599 e. The molecule has 1 rings (SSSR count). The zero-order valence-corrected chi connectivity index (χ0v) is 13.4. The van der Waals surface area contributed by atoms with Crippen LogP contribution in [-0.4, -0.2) is 41.5 Å². The molecule has 0 bridgehead atoms. The summed E-state index contributed by atoms with van der Waals surface area (Å²) < 4.78 is 17.1. The van der Waals surface area contributed by atoms with Gasteiger partial charge in [-0.05, 0) is 55.4 Å². The zero-order chi connectivity index (χ0) is 15.1. The Morgan fingerprint density at radius 1 is 1.16 bits per heavy atom.